The van der Waals surface area contributed by atoms with Crippen molar-refractivity contribution in [3.8, 4) is 5.75 Å². The molecule has 1 saturated heterocycles. The Balaban J connectivity index is 1.43. The highest BCUT2D eigenvalue weighted by Gasteiger charge is 2.25. The monoisotopic (exact) mass is 385 g/mol. The topological polar surface area (TPSA) is 28.1 Å². The largest absolute Gasteiger partial charge is 0.497 e. The molecular weight excluding hydrogens is 358 g/mol. The minimum Gasteiger partial charge on any atom is -0.497 e. The van der Waals surface area contributed by atoms with Crippen LogP contribution in [0.4, 0.5) is 0 Å². The van der Waals surface area contributed by atoms with Gasteiger partial charge in [-0.25, -0.2) is 0 Å². The zero-order valence-electron chi connectivity index (χ0n) is 16.8. The van der Waals surface area contributed by atoms with Gasteiger partial charge in [0.15, 0.2) is 0 Å². The van der Waals surface area contributed by atoms with E-state index in [0.29, 0.717) is 0 Å². The summed E-state index contributed by atoms with van der Waals surface area (Å²) in [5.74, 6) is 0.864. The third kappa shape index (κ3) is 4.84. The molecule has 0 radical (unpaired) electrons. The zero-order valence-corrected chi connectivity index (χ0v) is 16.8. The molecule has 1 aliphatic rings. The van der Waals surface area contributed by atoms with Crippen molar-refractivity contribution in [3.63, 3.8) is 0 Å². The van der Waals surface area contributed by atoms with E-state index in [0.717, 1.165) is 37.5 Å². The Kier molecular flexibility index (Phi) is 6.22. The molecule has 0 aliphatic carbocycles. The predicted octanol–water partition coefficient (Wildman–Crippen LogP) is 4.44. The van der Waals surface area contributed by atoms with E-state index in [4.69, 9.17) is 4.74 Å². The van der Waals surface area contributed by atoms with Gasteiger partial charge in [0.2, 0.25) is 0 Å². The third-order valence-electron chi connectivity index (χ3n) is 5.37. The molecule has 0 saturated carbocycles. The number of hydrogen-bond acceptors (Lipinski definition) is 4. The van der Waals surface area contributed by atoms with Crippen LogP contribution in [-0.4, -0.2) is 49.4 Å². The van der Waals surface area contributed by atoms with Crippen molar-refractivity contribution < 1.29 is 4.74 Å². The number of benzene rings is 3. The fraction of sp³-hybridized carbons (Fsp3) is 0.240. The molecule has 0 spiro atoms. The molecule has 4 rings (SSSR count). The summed E-state index contributed by atoms with van der Waals surface area (Å²) >= 11 is 0. The Morgan fingerprint density at radius 2 is 1.31 bits per heavy atom. The van der Waals surface area contributed by atoms with Gasteiger partial charge in [-0.2, -0.15) is 5.10 Å². The smallest absolute Gasteiger partial charge is 0.118 e. The van der Waals surface area contributed by atoms with E-state index in [-0.39, 0.29) is 6.04 Å². The van der Waals surface area contributed by atoms with Gasteiger partial charge in [0.05, 0.1) is 19.4 Å². The molecule has 0 N–H and O–H groups in total. The predicted molar refractivity (Wildman–Crippen MR) is 118 cm³/mol. The van der Waals surface area contributed by atoms with Crippen LogP contribution in [0.1, 0.15) is 22.7 Å². The van der Waals surface area contributed by atoms with Gasteiger partial charge in [-0.3, -0.25) is 9.91 Å². The average Bonchev–Trinajstić information content (AvgIpc) is 2.80. The van der Waals surface area contributed by atoms with Gasteiger partial charge < -0.3 is 4.74 Å². The van der Waals surface area contributed by atoms with Gasteiger partial charge in [0.25, 0.3) is 0 Å². The second kappa shape index (κ2) is 9.39. The summed E-state index contributed by atoms with van der Waals surface area (Å²) < 4.78 is 5.21. The van der Waals surface area contributed by atoms with E-state index < -0.39 is 0 Å². The highest BCUT2D eigenvalue weighted by molar-refractivity contribution is 5.79. The van der Waals surface area contributed by atoms with Crippen molar-refractivity contribution in [1.82, 2.24) is 9.91 Å². The summed E-state index contributed by atoms with van der Waals surface area (Å²) in [7, 11) is 1.68. The first-order valence-corrected chi connectivity index (χ1v) is 10.1. The lowest BCUT2D eigenvalue weighted by Crippen LogP contribution is -2.45. The Bertz CT molecular complexity index is 862. The molecule has 3 aromatic rings. The lowest BCUT2D eigenvalue weighted by Gasteiger charge is -2.38. The normalized spacial score (nSPS) is 15.2. The Morgan fingerprint density at radius 1 is 0.759 bits per heavy atom. The van der Waals surface area contributed by atoms with E-state index in [2.05, 4.69) is 75.7 Å². The molecular formula is C25H27N3O. The second-order valence-corrected chi connectivity index (χ2v) is 7.23. The van der Waals surface area contributed by atoms with Crippen molar-refractivity contribution in [1.29, 1.82) is 0 Å². The number of hydrazone groups is 1. The molecule has 0 amide bonds. The van der Waals surface area contributed by atoms with Gasteiger partial charge in [-0.15, -0.1) is 0 Å². The SMILES string of the molecule is COc1ccc(C=NN2CCN(C(c3ccccc3)c3ccccc3)CC2)cc1. The molecule has 3 aromatic carbocycles. The van der Waals surface area contributed by atoms with Crippen LogP contribution in [0.25, 0.3) is 0 Å². The number of piperazine rings is 1. The van der Waals surface area contributed by atoms with E-state index >= 15 is 0 Å². The van der Waals surface area contributed by atoms with Crippen molar-refractivity contribution in [2.24, 2.45) is 5.10 Å². The first kappa shape index (κ1) is 19.2. The highest BCUT2D eigenvalue weighted by Crippen LogP contribution is 2.29. The Labute approximate surface area is 173 Å². The van der Waals surface area contributed by atoms with Gasteiger partial charge in [-0.1, -0.05) is 60.7 Å². The summed E-state index contributed by atoms with van der Waals surface area (Å²) in [5.41, 5.74) is 3.77. The summed E-state index contributed by atoms with van der Waals surface area (Å²) in [5, 5.41) is 6.85. The molecule has 0 unspecified atom stereocenters. The van der Waals surface area contributed by atoms with Crippen LogP contribution in [0.2, 0.25) is 0 Å². The maximum atomic E-state index is 5.21. The van der Waals surface area contributed by atoms with Gasteiger partial charge in [-0.05, 0) is 41.0 Å². The van der Waals surface area contributed by atoms with Crippen LogP contribution < -0.4 is 4.74 Å². The number of nitrogens with zero attached hydrogens (tertiary/aromatic N) is 3. The molecule has 1 fully saturated rings. The fourth-order valence-corrected chi connectivity index (χ4v) is 3.81. The summed E-state index contributed by atoms with van der Waals surface area (Å²) in [6.07, 6.45) is 1.93. The quantitative estimate of drug-likeness (QED) is 0.588. The standard InChI is InChI=1S/C25H27N3O/c1-29-24-14-12-21(13-15-24)20-26-28-18-16-27(17-19-28)25(22-8-4-2-5-9-22)23-10-6-3-7-11-23/h2-15,20,25H,16-19H2,1H3. The van der Waals surface area contributed by atoms with Crippen LogP contribution in [0, 0.1) is 0 Å². The van der Waals surface area contributed by atoms with Gasteiger partial charge in [0, 0.05) is 26.2 Å². The number of methoxy groups -OCH3 is 1. The molecule has 0 atom stereocenters. The Hall–Kier alpha value is -3.11. The molecule has 0 bridgehead atoms. The number of rotatable bonds is 6. The lowest BCUT2D eigenvalue weighted by molar-refractivity contribution is 0.113. The molecule has 4 nitrogen and oxygen atoms in total. The Morgan fingerprint density at radius 3 is 1.83 bits per heavy atom. The summed E-state index contributed by atoms with van der Waals surface area (Å²) in [6, 6.07) is 29.8. The summed E-state index contributed by atoms with van der Waals surface area (Å²) in [6.45, 7) is 3.80. The van der Waals surface area contributed by atoms with Crippen molar-refractivity contribution in [2.45, 2.75) is 6.04 Å². The van der Waals surface area contributed by atoms with Gasteiger partial charge >= 0.3 is 0 Å². The first-order chi connectivity index (χ1) is 14.3. The van der Waals surface area contributed by atoms with Crippen molar-refractivity contribution in [3.05, 3.63) is 102 Å². The maximum absolute atomic E-state index is 5.21. The fourth-order valence-electron chi connectivity index (χ4n) is 3.81. The van der Waals surface area contributed by atoms with Crippen LogP contribution >= 0.6 is 0 Å². The van der Waals surface area contributed by atoms with Crippen LogP contribution in [0.3, 0.4) is 0 Å². The van der Waals surface area contributed by atoms with E-state index in [1.54, 1.807) is 7.11 Å². The van der Waals surface area contributed by atoms with Crippen LogP contribution in [0.5, 0.6) is 5.75 Å². The molecule has 29 heavy (non-hydrogen) atoms. The molecule has 1 aliphatic heterocycles. The average molecular weight is 386 g/mol. The van der Waals surface area contributed by atoms with E-state index in [1.807, 2.05) is 30.5 Å². The highest BCUT2D eigenvalue weighted by atomic mass is 16.5. The minimum atomic E-state index is 0.283. The maximum Gasteiger partial charge on any atom is 0.118 e. The lowest BCUT2D eigenvalue weighted by atomic mass is 9.96. The third-order valence-corrected chi connectivity index (χ3v) is 5.37. The number of hydrogen-bond donors (Lipinski definition) is 0. The first-order valence-electron chi connectivity index (χ1n) is 10.1. The molecule has 148 valence electrons. The van der Waals surface area contributed by atoms with Crippen molar-refractivity contribution in [2.75, 3.05) is 33.3 Å². The second-order valence-electron chi connectivity index (χ2n) is 7.23. The van der Waals surface area contributed by atoms with E-state index in [1.165, 1.54) is 11.1 Å². The summed E-state index contributed by atoms with van der Waals surface area (Å²) in [4.78, 5) is 2.56. The zero-order chi connectivity index (χ0) is 19.9. The number of ether oxygens (including phenoxy) is 1. The minimum absolute atomic E-state index is 0.283. The molecule has 0 aromatic heterocycles. The molecule has 4 heteroatoms. The van der Waals surface area contributed by atoms with E-state index in [9.17, 15) is 0 Å². The van der Waals surface area contributed by atoms with Crippen LogP contribution in [-0.2, 0) is 0 Å². The van der Waals surface area contributed by atoms with Gasteiger partial charge in [0.1, 0.15) is 5.75 Å². The van der Waals surface area contributed by atoms with Crippen molar-refractivity contribution >= 4 is 6.21 Å². The molecule has 1 heterocycles. The van der Waals surface area contributed by atoms with Crippen LogP contribution in [0.15, 0.2) is 90.0 Å².